The Kier molecular flexibility index (Phi) is 6.54. The number of hydrogen-bond donors (Lipinski definition) is 1. The summed E-state index contributed by atoms with van der Waals surface area (Å²) in [5, 5.41) is 11.4. The predicted octanol–water partition coefficient (Wildman–Crippen LogP) is 1.35. The Morgan fingerprint density at radius 1 is 1.91 bits per heavy atom. The lowest BCUT2D eigenvalue weighted by molar-refractivity contribution is 1.11. The average Bonchev–Trinajstić information content (AvgIpc) is 2.01. The molecule has 0 aromatic heterocycles. The van der Waals surface area contributed by atoms with Crippen molar-refractivity contribution in [2.24, 2.45) is 4.99 Å². The molecule has 0 amide bonds. The largest absolute Gasteiger partial charge is 0.272 e. The van der Waals surface area contributed by atoms with Crippen molar-refractivity contribution >= 4 is 16.9 Å². The van der Waals surface area contributed by atoms with Crippen molar-refractivity contribution in [2.75, 3.05) is 12.3 Å². The molecule has 0 aliphatic carbocycles. The first-order valence-electron chi connectivity index (χ1n) is 3.28. The minimum Gasteiger partial charge on any atom is -0.272 e. The Labute approximate surface area is 71.2 Å². The van der Waals surface area contributed by atoms with Crippen LogP contribution in [0.1, 0.15) is 6.92 Å². The summed E-state index contributed by atoms with van der Waals surface area (Å²) in [6.45, 7) is 6.18. The van der Waals surface area contributed by atoms with E-state index >= 15 is 0 Å². The first-order valence-corrected chi connectivity index (χ1v) is 4.27. The fourth-order valence-corrected chi connectivity index (χ4v) is 1.06. The summed E-state index contributed by atoms with van der Waals surface area (Å²) >= 11 is 1.47. The van der Waals surface area contributed by atoms with Crippen LogP contribution in [0.15, 0.2) is 17.6 Å². The highest BCUT2D eigenvalue weighted by Gasteiger charge is 1.94. The van der Waals surface area contributed by atoms with E-state index in [4.69, 9.17) is 5.26 Å². The molecule has 0 rings (SSSR count). The molecule has 0 unspecified atom stereocenters. The fourth-order valence-electron chi connectivity index (χ4n) is 0.451. The van der Waals surface area contributed by atoms with E-state index in [-0.39, 0.29) is 0 Å². The van der Waals surface area contributed by atoms with Gasteiger partial charge >= 0.3 is 0 Å². The normalized spacial score (nSPS) is 10.4. The van der Waals surface area contributed by atoms with Crippen LogP contribution >= 0.6 is 11.8 Å². The number of nitrogens with one attached hydrogen (secondary N) is 1. The molecule has 0 saturated heterocycles. The standard InChI is InChI=1S/C7H11N3S/c1-3-5-11-7(9-4-2)10-6-8/h3H,1,4-5H2,2H3,(H,9,10). The molecule has 0 fully saturated rings. The summed E-state index contributed by atoms with van der Waals surface area (Å²) in [4.78, 5) is 4.05. The van der Waals surface area contributed by atoms with Gasteiger partial charge in [0, 0.05) is 12.3 Å². The minimum atomic E-state index is 0.662. The van der Waals surface area contributed by atoms with Gasteiger partial charge in [0.2, 0.25) is 0 Å². The molecule has 0 radical (unpaired) electrons. The lowest BCUT2D eigenvalue weighted by atomic mass is 10.8. The second kappa shape index (κ2) is 7.16. The Hall–Kier alpha value is -0.950. The zero-order valence-corrected chi connectivity index (χ0v) is 7.32. The van der Waals surface area contributed by atoms with Gasteiger partial charge in [-0.2, -0.15) is 5.26 Å². The third kappa shape index (κ3) is 5.49. The summed E-state index contributed by atoms with van der Waals surface area (Å²) in [5.74, 6) is 0.771. The highest BCUT2D eigenvalue weighted by molar-refractivity contribution is 8.13. The quantitative estimate of drug-likeness (QED) is 0.228. The highest BCUT2D eigenvalue weighted by Crippen LogP contribution is 2.00. The van der Waals surface area contributed by atoms with Crippen molar-refractivity contribution in [3.8, 4) is 6.19 Å². The fraction of sp³-hybridized carbons (Fsp3) is 0.429. The average molecular weight is 169 g/mol. The van der Waals surface area contributed by atoms with Crippen molar-refractivity contribution in [2.45, 2.75) is 6.92 Å². The van der Waals surface area contributed by atoms with Crippen molar-refractivity contribution < 1.29 is 0 Å². The first kappa shape index (κ1) is 10.0. The molecule has 0 saturated carbocycles. The van der Waals surface area contributed by atoms with Crippen molar-refractivity contribution in [1.29, 1.82) is 5.26 Å². The summed E-state index contributed by atoms with van der Waals surface area (Å²) < 4.78 is 0. The van der Waals surface area contributed by atoms with E-state index in [0.717, 1.165) is 5.75 Å². The van der Waals surface area contributed by atoms with Gasteiger partial charge in [-0.05, 0) is 6.92 Å². The zero-order chi connectivity index (χ0) is 8.53. The summed E-state index contributed by atoms with van der Waals surface area (Å²) in [6.07, 6.45) is 3.60. The predicted molar refractivity (Wildman–Crippen MR) is 49.4 cm³/mol. The molecule has 0 aromatic rings. The summed E-state index contributed by atoms with van der Waals surface area (Å²) in [6, 6.07) is 0. The van der Waals surface area contributed by atoms with Gasteiger partial charge in [0.25, 0.3) is 0 Å². The van der Waals surface area contributed by atoms with Gasteiger partial charge in [-0.15, -0.1) is 6.58 Å². The minimum absolute atomic E-state index is 0.662. The van der Waals surface area contributed by atoms with Crippen molar-refractivity contribution in [3.05, 3.63) is 12.7 Å². The number of hydrogen-bond acceptors (Lipinski definition) is 3. The van der Waals surface area contributed by atoms with Crippen molar-refractivity contribution in [3.63, 3.8) is 0 Å². The van der Waals surface area contributed by atoms with Crippen LogP contribution in [0.2, 0.25) is 0 Å². The molecule has 0 aliphatic rings. The van der Waals surface area contributed by atoms with E-state index in [0.29, 0.717) is 11.7 Å². The molecule has 0 heterocycles. The zero-order valence-electron chi connectivity index (χ0n) is 6.50. The SMILES string of the molecule is C=CCSC(=NCC)NC#N. The molecule has 3 nitrogen and oxygen atoms in total. The Bertz CT molecular complexity index is 181. The topological polar surface area (TPSA) is 48.2 Å². The first-order chi connectivity index (χ1) is 5.35. The van der Waals surface area contributed by atoms with Gasteiger partial charge in [-0.3, -0.25) is 10.3 Å². The molecule has 60 valence electrons. The molecular weight excluding hydrogens is 158 g/mol. The van der Waals surface area contributed by atoms with Crippen LogP contribution in [0, 0.1) is 11.5 Å². The molecule has 11 heavy (non-hydrogen) atoms. The molecule has 4 heteroatoms. The van der Waals surface area contributed by atoms with E-state index in [1.54, 1.807) is 6.08 Å². The lowest BCUT2D eigenvalue weighted by Crippen LogP contribution is -2.14. The van der Waals surface area contributed by atoms with Crippen molar-refractivity contribution in [1.82, 2.24) is 5.32 Å². The molecule has 0 aromatic carbocycles. The summed E-state index contributed by atoms with van der Waals surface area (Å²) in [7, 11) is 0. The van der Waals surface area contributed by atoms with Crippen LogP contribution in [0.5, 0.6) is 0 Å². The van der Waals surface area contributed by atoms with Gasteiger partial charge in [0.1, 0.15) is 0 Å². The maximum absolute atomic E-state index is 8.28. The van der Waals surface area contributed by atoms with E-state index in [9.17, 15) is 0 Å². The Morgan fingerprint density at radius 2 is 2.64 bits per heavy atom. The van der Waals surface area contributed by atoms with Crippen LogP contribution in [0.25, 0.3) is 0 Å². The lowest BCUT2D eigenvalue weighted by Gasteiger charge is -1.98. The number of amidine groups is 1. The maximum atomic E-state index is 8.28. The maximum Gasteiger partial charge on any atom is 0.183 e. The second-order valence-corrected chi connectivity index (χ2v) is 2.62. The molecule has 0 atom stereocenters. The van der Waals surface area contributed by atoms with E-state index in [2.05, 4.69) is 16.9 Å². The Morgan fingerprint density at radius 3 is 3.09 bits per heavy atom. The van der Waals surface area contributed by atoms with E-state index in [1.807, 2.05) is 13.1 Å². The second-order valence-electron chi connectivity index (χ2n) is 1.62. The number of rotatable bonds is 3. The monoisotopic (exact) mass is 169 g/mol. The van der Waals surface area contributed by atoms with Crippen LogP contribution in [0.3, 0.4) is 0 Å². The smallest absolute Gasteiger partial charge is 0.183 e. The number of aliphatic imine (C=N–C) groups is 1. The van der Waals surface area contributed by atoms with Gasteiger partial charge in [0.05, 0.1) is 0 Å². The molecule has 0 bridgehead atoms. The van der Waals surface area contributed by atoms with Gasteiger partial charge < -0.3 is 0 Å². The van der Waals surface area contributed by atoms with Crippen LogP contribution in [0.4, 0.5) is 0 Å². The van der Waals surface area contributed by atoms with E-state index in [1.165, 1.54) is 11.8 Å². The highest BCUT2D eigenvalue weighted by atomic mass is 32.2. The summed E-state index contributed by atoms with van der Waals surface area (Å²) in [5.41, 5.74) is 0. The molecule has 0 spiro atoms. The third-order valence-corrected chi connectivity index (χ3v) is 1.71. The number of nitrogens with zero attached hydrogens (tertiary/aromatic N) is 2. The van der Waals surface area contributed by atoms with Crippen LogP contribution in [-0.4, -0.2) is 17.5 Å². The number of thioether (sulfide) groups is 1. The molecule has 0 aliphatic heterocycles. The third-order valence-electron chi connectivity index (χ3n) is 0.802. The Balaban J connectivity index is 3.80. The van der Waals surface area contributed by atoms with Gasteiger partial charge in [-0.25, -0.2) is 0 Å². The van der Waals surface area contributed by atoms with Gasteiger partial charge in [-0.1, -0.05) is 17.8 Å². The molecule has 1 N–H and O–H groups in total. The molecular formula is C7H11N3S. The van der Waals surface area contributed by atoms with Crippen LogP contribution in [-0.2, 0) is 0 Å². The van der Waals surface area contributed by atoms with Gasteiger partial charge in [0.15, 0.2) is 11.4 Å². The number of nitriles is 1. The van der Waals surface area contributed by atoms with E-state index < -0.39 is 0 Å². The van der Waals surface area contributed by atoms with Crippen LogP contribution < -0.4 is 5.32 Å².